The maximum Gasteiger partial charge on any atom is 0.306 e. The highest BCUT2D eigenvalue weighted by atomic mass is 32.2. The summed E-state index contributed by atoms with van der Waals surface area (Å²) in [5.41, 5.74) is 2.03. The molecular weight excluding hydrogens is 356 g/mol. The molecule has 3 rings (SSSR count). The molecule has 0 bridgehead atoms. The third kappa shape index (κ3) is 4.00. The highest BCUT2D eigenvalue weighted by molar-refractivity contribution is 7.92. The molecule has 1 heterocycles. The molecule has 142 valence electrons. The van der Waals surface area contributed by atoms with E-state index in [2.05, 4.69) is 5.32 Å². The summed E-state index contributed by atoms with van der Waals surface area (Å²) in [7, 11) is -3.32. The standard InChI is InChI=1S/C18H24N2O5S/c1-26(24,25)20-10-2-3-13-11-14(6-9-16(13)20)17(21)19-15-7-4-12(5-8-15)18(22)23/h6,9,11-12,15H,2-5,7-8,10H2,1H3,(H,19,21)(H,22,23). The van der Waals surface area contributed by atoms with Crippen LogP contribution in [0.5, 0.6) is 0 Å². The number of sulfonamides is 1. The van der Waals surface area contributed by atoms with E-state index in [0.717, 1.165) is 18.4 Å². The van der Waals surface area contributed by atoms with E-state index in [1.807, 2.05) is 0 Å². The number of aliphatic carboxylic acids is 1. The van der Waals surface area contributed by atoms with Crippen LogP contribution in [0.2, 0.25) is 0 Å². The van der Waals surface area contributed by atoms with Crippen LogP contribution in [0, 0.1) is 5.92 Å². The largest absolute Gasteiger partial charge is 0.481 e. The van der Waals surface area contributed by atoms with Crippen LogP contribution in [0.3, 0.4) is 0 Å². The number of amides is 1. The summed E-state index contributed by atoms with van der Waals surface area (Å²) >= 11 is 0. The lowest BCUT2D eigenvalue weighted by molar-refractivity contribution is -0.142. The molecule has 0 aromatic heterocycles. The predicted molar refractivity (Wildman–Crippen MR) is 97.8 cm³/mol. The van der Waals surface area contributed by atoms with E-state index in [4.69, 9.17) is 5.11 Å². The van der Waals surface area contributed by atoms with Gasteiger partial charge in [0.05, 0.1) is 17.9 Å². The Morgan fingerprint density at radius 2 is 1.88 bits per heavy atom. The Bertz CT molecular complexity index is 813. The van der Waals surface area contributed by atoms with E-state index in [-0.39, 0.29) is 17.9 Å². The van der Waals surface area contributed by atoms with Gasteiger partial charge in [-0.25, -0.2) is 8.42 Å². The van der Waals surface area contributed by atoms with Gasteiger partial charge in [0.25, 0.3) is 5.91 Å². The molecular formula is C18H24N2O5S. The van der Waals surface area contributed by atoms with Crippen molar-refractivity contribution < 1.29 is 23.1 Å². The zero-order chi connectivity index (χ0) is 18.9. The smallest absolute Gasteiger partial charge is 0.306 e. The molecule has 1 aliphatic heterocycles. The third-order valence-electron chi connectivity index (χ3n) is 5.23. The molecule has 0 atom stereocenters. The van der Waals surface area contributed by atoms with Crippen molar-refractivity contribution in [3.63, 3.8) is 0 Å². The van der Waals surface area contributed by atoms with Gasteiger partial charge >= 0.3 is 5.97 Å². The number of anilines is 1. The van der Waals surface area contributed by atoms with E-state index < -0.39 is 16.0 Å². The van der Waals surface area contributed by atoms with Gasteiger partial charge in [-0.05, 0) is 62.3 Å². The summed E-state index contributed by atoms with van der Waals surface area (Å²) in [5.74, 6) is -1.27. The van der Waals surface area contributed by atoms with Gasteiger partial charge in [-0.1, -0.05) is 0 Å². The van der Waals surface area contributed by atoms with Crippen molar-refractivity contribution >= 4 is 27.6 Å². The molecule has 0 spiro atoms. The number of carbonyl (C=O) groups is 2. The second-order valence-corrected chi connectivity index (χ2v) is 9.05. The van der Waals surface area contributed by atoms with Gasteiger partial charge in [0.15, 0.2) is 0 Å². The first kappa shape index (κ1) is 18.7. The number of nitrogens with one attached hydrogen (secondary N) is 1. The number of fused-ring (bicyclic) bond motifs is 1. The fourth-order valence-electron chi connectivity index (χ4n) is 3.80. The minimum Gasteiger partial charge on any atom is -0.481 e. The monoisotopic (exact) mass is 380 g/mol. The molecule has 0 radical (unpaired) electrons. The number of carboxylic acids is 1. The highest BCUT2D eigenvalue weighted by Crippen LogP contribution is 2.30. The Morgan fingerprint density at radius 1 is 1.19 bits per heavy atom. The van der Waals surface area contributed by atoms with Crippen LogP contribution in [0.4, 0.5) is 5.69 Å². The van der Waals surface area contributed by atoms with Crippen LogP contribution < -0.4 is 9.62 Å². The topological polar surface area (TPSA) is 104 Å². The van der Waals surface area contributed by atoms with Gasteiger partial charge in [0.2, 0.25) is 10.0 Å². The molecule has 1 saturated carbocycles. The van der Waals surface area contributed by atoms with Crippen LogP contribution in [0.1, 0.15) is 48.0 Å². The summed E-state index contributed by atoms with van der Waals surface area (Å²) in [6.07, 6.45) is 5.14. The number of carboxylic acid groups (broad SMARTS) is 1. The molecule has 1 amide bonds. The van der Waals surface area contributed by atoms with Gasteiger partial charge in [-0.15, -0.1) is 0 Å². The second kappa shape index (κ2) is 7.26. The zero-order valence-electron chi connectivity index (χ0n) is 14.8. The molecule has 1 aliphatic carbocycles. The quantitative estimate of drug-likeness (QED) is 0.828. The minimum absolute atomic E-state index is 0.0124. The lowest BCUT2D eigenvalue weighted by Gasteiger charge is -2.30. The van der Waals surface area contributed by atoms with E-state index in [0.29, 0.717) is 43.5 Å². The summed E-state index contributed by atoms with van der Waals surface area (Å²) < 4.78 is 25.2. The van der Waals surface area contributed by atoms with Crippen LogP contribution in [-0.4, -0.2) is 44.2 Å². The van der Waals surface area contributed by atoms with Gasteiger partial charge in [0, 0.05) is 18.2 Å². The van der Waals surface area contributed by atoms with Crippen molar-refractivity contribution in [3.05, 3.63) is 29.3 Å². The van der Waals surface area contributed by atoms with E-state index in [1.165, 1.54) is 10.6 Å². The average molecular weight is 380 g/mol. The van der Waals surface area contributed by atoms with Crippen LogP contribution >= 0.6 is 0 Å². The lowest BCUT2D eigenvalue weighted by Crippen LogP contribution is -2.39. The Morgan fingerprint density at radius 3 is 2.50 bits per heavy atom. The Labute approximate surface area is 153 Å². The van der Waals surface area contributed by atoms with Crippen LogP contribution in [-0.2, 0) is 21.2 Å². The third-order valence-corrected chi connectivity index (χ3v) is 6.41. The number of rotatable bonds is 4. The first-order valence-corrected chi connectivity index (χ1v) is 10.7. The molecule has 7 nitrogen and oxygen atoms in total. The van der Waals surface area contributed by atoms with Gasteiger partial charge in [0.1, 0.15) is 0 Å². The number of nitrogens with zero attached hydrogens (tertiary/aromatic N) is 1. The van der Waals surface area contributed by atoms with Crippen molar-refractivity contribution in [1.29, 1.82) is 0 Å². The van der Waals surface area contributed by atoms with Crippen molar-refractivity contribution in [3.8, 4) is 0 Å². The first-order valence-electron chi connectivity index (χ1n) is 8.90. The van der Waals surface area contributed by atoms with Crippen LogP contribution in [0.15, 0.2) is 18.2 Å². The molecule has 2 N–H and O–H groups in total. The van der Waals surface area contributed by atoms with Crippen molar-refractivity contribution in [2.45, 2.75) is 44.6 Å². The van der Waals surface area contributed by atoms with Gasteiger partial charge in [-0.2, -0.15) is 0 Å². The molecule has 26 heavy (non-hydrogen) atoms. The van der Waals surface area contributed by atoms with Crippen LogP contribution in [0.25, 0.3) is 0 Å². The highest BCUT2D eigenvalue weighted by Gasteiger charge is 2.28. The molecule has 0 unspecified atom stereocenters. The second-order valence-electron chi connectivity index (χ2n) is 7.14. The van der Waals surface area contributed by atoms with Crippen molar-refractivity contribution in [2.75, 3.05) is 17.1 Å². The predicted octanol–water partition coefficient (Wildman–Crippen LogP) is 1.77. The molecule has 1 aromatic carbocycles. The van der Waals surface area contributed by atoms with Crippen molar-refractivity contribution in [1.82, 2.24) is 5.32 Å². The number of hydrogen-bond acceptors (Lipinski definition) is 4. The zero-order valence-corrected chi connectivity index (χ0v) is 15.6. The number of benzene rings is 1. The summed E-state index contributed by atoms with van der Waals surface area (Å²) in [6.45, 7) is 0.462. The number of aryl methyl sites for hydroxylation is 1. The molecule has 8 heteroatoms. The molecule has 2 aliphatic rings. The molecule has 1 fully saturated rings. The SMILES string of the molecule is CS(=O)(=O)N1CCCc2cc(C(=O)NC3CCC(C(=O)O)CC3)ccc21. The number of hydrogen-bond donors (Lipinski definition) is 2. The molecule has 0 saturated heterocycles. The maximum atomic E-state index is 12.5. The minimum atomic E-state index is -3.32. The Balaban J connectivity index is 1.69. The lowest BCUT2D eigenvalue weighted by atomic mass is 9.86. The van der Waals surface area contributed by atoms with E-state index in [1.54, 1.807) is 18.2 Å². The van der Waals surface area contributed by atoms with E-state index in [9.17, 15) is 18.0 Å². The van der Waals surface area contributed by atoms with Gasteiger partial charge in [-0.3, -0.25) is 13.9 Å². The van der Waals surface area contributed by atoms with Crippen molar-refractivity contribution in [2.24, 2.45) is 5.92 Å². The number of carbonyl (C=O) groups excluding carboxylic acids is 1. The molecule has 1 aromatic rings. The summed E-state index contributed by atoms with van der Waals surface area (Å²) in [6, 6.07) is 5.11. The van der Waals surface area contributed by atoms with Gasteiger partial charge < -0.3 is 10.4 Å². The van der Waals surface area contributed by atoms with E-state index >= 15 is 0 Å². The Kier molecular flexibility index (Phi) is 5.22. The Hall–Kier alpha value is -2.09. The first-order chi connectivity index (χ1) is 12.3. The summed E-state index contributed by atoms with van der Waals surface area (Å²) in [4.78, 5) is 23.5. The summed E-state index contributed by atoms with van der Waals surface area (Å²) in [5, 5.41) is 12.0. The maximum absolute atomic E-state index is 12.5. The normalized spacial score (nSPS) is 23.2. The average Bonchev–Trinajstić information content (AvgIpc) is 2.60. The fourth-order valence-corrected chi connectivity index (χ4v) is 4.80. The fraction of sp³-hybridized carbons (Fsp3) is 0.556.